The maximum Gasteiger partial charge on any atom is 0.335 e. The summed E-state index contributed by atoms with van der Waals surface area (Å²) in [6.07, 6.45) is 1.42. The molecule has 0 atom stereocenters. The van der Waals surface area contributed by atoms with E-state index in [0.29, 0.717) is 38.1 Å². The molecule has 0 spiro atoms. The Hall–Kier alpha value is -3.13. The highest BCUT2D eigenvalue weighted by Gasteiger charge is 2.36. The van der Waals surface area contributed by atoms with Gasteiger partial charge in [0.05, 0.1) is 10.2 Å². The van der Waals surface area contributed by atoms with Gasteiger partial charge in [-0.25, -0.2) is 9.69 Å². The Morgan fingerprint density at radius 3 is 2.39 bits per heavy atom. The molecule has 1 heterocycles. The van der Waals surface area contributed by atoms with Crippen molar-refractivity contribution in [1.29, 1.82) is 0 Å². The smallest absolute Gasteiger partial charge is 0.335 e. The summed E-state index contributed by atoms with van der Waals surface area (Å²) in [7, 11) is 0. The first kappa shape index (κ1) is 23.0. The minimum atomic E-state index is -0.824. The van der Waals surface area contributed by atoms with Crippen LogP contribution >= 0.6 is 39.1 Å². The Labute approximate surface area is 207 Å². The zero-order valence-electron chi connectivity index (χ0n) is 16.8. The van der Waals surface area contributed by atoms with E-state index in [1.807, 2.05) is 18.2 Å². The summed E-state index contributed by atoms with van der Waals surface area (Å²) in [4.78, 5) is 38.5. The maximum atomic E-state index is 13.0. The molecule has 0 unspecified atom stereocenters. The van der Waals surface area contributed by atoms with Crippen LogP contribution in [0.1, 0.15) is 11.1 Å². The van der Waals surface area contributed by atoms with E-state index in [4.69, 9.17) is 27.9 Å². The van der Waals surface area contributed by atoms with Crippen molar-refractivity contribution < 1.29 is 19.1 Å². The third-order valence-electron chi connectivity index (χ3n) is 4.74. The van der Waals surface area contributed by atoms with Crippen LogP contribution in [0.2, 0.25) is 10.0 Å². The Morgan fingerprint density at radius 1 is 0.939 bits per heavy atom. The second-order valence-electron chi connectivity index (χ2n) is 7.04. The summed E-state index contributed by atoms with van der Waals surface area (Å²) in [5.74, 6) is -0.925. The highest BCUT2D eigenvalue weighted by Crippen LogP contribution is 2.29. The van der Waals surface area contributed by atoms with Crippen molar-refractivity contribution in [3.05, 3.63) is 97.9 Å². The molecule has 0 aromatic heterocycles. The molecule has 1 aliphatic rings. The molecule has 0 radical (unpaired) electrons. The number of carbonyl (C=O) groups is 3. The minimum Gasteiger partial charge on any atom is -0.488 e. The predicted molar refractivity (Wildman–Crippen MR) is 130 cm³/mol. The van der Waals surface area contributed by atoms with E-state index >= 15 is 0 Å². The van der Waals surface area contributed by atoms with Crippen LogP contribution in [0.4, 0.5) is 10.5 Å². The number of halogens is 3. The molecule has 1 saturated heterocycles. The topological polar surface area (TPSA) is 75.7 Å². The van der Waals surface area contributed by atoms with Gasteiger partial charge in [-0.05, 0) is 81.7 Å². The van der Waals surface area contributed by atoms with Gasteiger partial charge in [0.15, 0.2) is 0 Å². The first-order valence-electron chi connectivity index (χ1n) is 9.65. The normalized spacial score (nSPS) is 15.1. The standard InChI is InChI=1S/C24H15BrCl2N2O4/c25-20-12-14(4-9-21(20)33-13-15-2-1-3-17(27)10-15)11-19-22(30)28-24(32)29(23(19)31)18-7-5-16(26)6-8-18/h1-12H,13H2,(H,28,30,32)/b19-11+. The van der Waals surface area contributed by atoms with Crippen molar-refractivity contribution >= 4 is 68.7 Å². The second-order valence-corrected chi connectivity index (χ2v) is 8.77. The van der Waals surface area contributed by atoms with Crippen LogP contribution in [0.3, 0.4) is 0 Å². The van der Waals surface area contributed by atoms with E-state index in [-0.39, 0.29) is 5.57 Å². The maximum absolute atomic E-state index is 13.0. The van der Waals surface area contributed by atoms with Crippen LogP contribution < -0.4 is 15.0 Å². The van der Waals surface area contributed by atoms with Gasteiger partial charge in [-0.3, -0.25) is 14.9 Å². The van der Waals surface area contributed by atoms with E-state index in [1.165, 1.54) is 18.2 Å². The Morgan fingerprint density at radius 2 is 1.70 bits per heavy atom. The van der Waals surface area contributed by atoms with Gasteiger partial charge in [-0.2, -0.15) is 0 Å². The molecule has 3 aromatic carbocycles. The number of hydrogen-bond donors (Lipinski definition) is 1. The molecule has 3 aromatic rings. The van der Waals surface area contributed by atoms with Crippen LogP contribution in [0, 0.1) is 0 Å². The average molecular weight is 546 g/mol. The fraction of sp³-hybridized carbons (Fsp3) is 0.0417. The number of nitrogens with one attached hydrogen (secondary N) is 1. The lowest BCUT2D eigenvalue weighted by Gasteiger charge is -2.26. The van der Waals surface area contributed by atoms with Gasteiger partial charge in [0.25, 0.3) is 11.8 Å². The first-order valence-corrected chi connectivity index (χ1v) is 11.2. The van der Waals surface area contributed by atoms with E-state index in [0.717, 1.165) is 10.5 Å². The lowest BCUT2D eigenvalue weighted by molar-refractivity contribution is -0.122. The number of barbiturate groups is 1. The fourth-order valence-electron chi connectivity index (χ4n) is 3.16. The van der Waals surface area contributed by atoms with E-state index in [9.17, 15) is 14.4 Å². The summed E-state index contributed by atoms with van der Waals surface area (Å²) in [6.45, 7) is 0.318. The fourth-order valence-corrected chi connectivity index (χ4v) is 4.01. The highest BCUT2D eigenvalue weighted by atomic mass is 79.9. The molecule has 1 N–H and O–H groups in total. The van der Waals surface area contributed by atoms with Crippen LogP contribution in [0.15, 0.2) is 76.8 Å². The van der Waals surface area contributed by atoms with E-state index in [1.54, 1.807) is 36.4 Å². The molecule has 6 nitrogen and oxygen atoms in total. The molecular formula is C24H15BrCl2N2O4. The molecule has 1 aliphatic heterocycles. The lowest BCUT2D eigenvalue weighted by Crippen LogP contribution is -2.54. The number of rotatable bonds is 5. The van der Waals surface area contributed by atoms with Crippen LogP contribution in [0.25, 0.3) is 6.08 Å². The number of urea groups is 1. The zero-order chi connectivity index (χ0) is 23.5. The molecule has 4 rings (SSSR count). The number of benzene rings is 3. The number of amides is 4. The number of nitrogens with zero attached hydrogens (tertiary/aromatic N) is 1. The second kappa shape index (κ2) is 9.79. The van der Waals surface area contributed by atoms with Crippen molar-refractivity contribution in [2.75, 3.05) is 4.90 Å². The summed E-state index contributed by atoms with van der Waals surface area (Å²) in [5, 5.41) is 3.27. The number of carbonyl (C=O) groups excluding carboxylic acids is 3. The van der Waals surface area contributed by atoms with Crippen molar-refractivity contribution in [3.63, 3.8) is 0 Å². The molecule has 4 amide bonds. The molecule has 9 heteroatoms. The average Bonchev–Trinajstić information content (AvgIpc) is 2.77. The SMILES string of the molecule is O=C1NC(=O)N(c2ccc(Cl)cc2)C(=O)/C1=C/c1ccc(OCc2cccc(Cl)c2)c(Br)c1. The number of hydrogen-bond acceptors (Lipinski definition) is 4. The Balaban J connectivity index is 1.56. The monoisotopic (exact) mass is 544 g/mol. The van der Waals surface area contributed by atoms with Gasteiger partial charge in [-0.1, -0.05) is 41.4 Å². The summed E-state index contributed by atoms with van der Waals surface area (Å²) < 4.78 is 6.46. The molecule has 33 heavy (non-hydrogen) atoms. The third-order valence-corrected chi connectivity index (χ3v) is 5.84. The van der Waals surface area contributed by atoms with Gasteiger partial charge < -0.3 is 4.74 Å². The lowest BCUT2D eigenvalue weighted by atomic mass is 10.1. The van der Waals surface area contributed by atoms with Crippen molar-refractivity contribution in [2.24, 2.45) is 0 Å². The molecule has 0 saturated carbocycles. The predicted octanol–water partition coefficient (Wildman–Crippen LogP) is 6.00. The van der Waals surface area contributed by atoms with Crippen molar-refractivity contribution in [3.8, 4) is 5.75 Å². The molecular weight excluding hydrogens is 531 g/mol. The molecule has 0 bridgehead atoms. The van der Waals surface area contributed by atoms with E-state index < -0.39 is 17.8 Å². The first-order chi connectivity index (χ1) is 15.8. The van der Waals surface area contributed by atoms with Crippen molar-refractivity contribution in [1.82, 2.24) is 5.32 Å². The Kier molecular flexibility index (Phi) is 6.83. The van der Waals surface area contributed by atoms with Gasteiger partial charge >= 0.3 is 6.03 Å². The summed E-state index contributed by atoms with van der Waals surface area (Å²) in [5.41, 5.74) is 1.60. The van der Waals surface area contributed by atoms with Gasteiger partial charge in [-0.15, -0.1) is 0 Å². The molecule has 166 valence electrons. The van der Waals surface area contributed by atoms with Crippen LogP contribution in [-0.2, 0) is 16.2 Å². The largest absolute Gasteiger partial charge is 0.488 e. The Bertz CT molecular complexity index is 1290. The van der Waals surface area contributed by atoms with Gasteiger partial charge in [0.2, 0.25) is 0 Å². The van der Waals surface area contributed by atoms with Crippen LogP contribution in [-0.4, -0.2) is 17.8 Å². The summed E-state index contributed by atoms with van der Waals surface area (Å²) >= 11 is 15.3. The zero-order valence-corrected chi connectivity index (χ0v) is 19.9. The van der Waals surface area contributed by atoms with Gasteiger partial charge in [0.1, 0.15) is 17.9 Å². The highest BCUT2D eigenvalue weighted by molar-refractivity contribution is 9.10. The molecule has 0 aliphatic carbocycles. The quantitative estimate of drug-likeness (QED) is 0.315. The van der Waals surface area contributed by atoms with E-state index in [2.05, 4.69) is 21.2 Å². The van der Waals surface area contributed by atoms with Crippen LogP contribution in [0.5, 0.6) is 5.75 Å². The number of ether oxygens (including phenoxy) is 1. The number of imide groups is 2. The van der Waals surface area contributed by atoms with Gasteiger partial charge in [0, 0.05) is 10.0 Å². The third kappa shape index (κ3) is 5.27. The molecule has 1 fully saturated rings. The summed E-state index contributed by atoms with van der Waals surface area (Å²) in [6, 6.07) is 17.8. The number of anilines is 1. The van der Waals surface area contributed by atoms with Crippen molar-refractivity contribution in [2.45, 2.75) is 6.61 Å². The minimum absolute atomic E-state index is 0.177.